The number of hydrogen-bond acceptors (Lipinski definition) is 5. The Bertz CT molecular complexity index is 866. The largest absolute Gasteiger partial charge is 0.711 e. The summed E-state index contributed by atoms with van der Waals surface area (Å²) in [6.07, 6.45) is 6.40. The molecular weight excluding hydrogens is 354 g/mol. The van der Waals surface area contributed by atoms with Crippen LogP contribution in [0.3, 0.4) is 0 Å². The molecular formula is C22H27N3O3. The van der Waals surface area contributed by atoms with E-state index in [4.69, 9.17) is 9.47 Å². The molecule has 0 unspecified atom stereocenters. The van der Waals surface area contributed by atoms with E-state index in [0.29, 0.717) is 18.3 Å². The predicted molar refractivity (Wildman–Crippen MR) is 109 cm³/mol. The van der Waals surface area contributed by atoms with Crippen molar-refractivity contribution in [2.24, 2.45) is 0 Å². The fraction of sp³-hybridized carbons (Fsp3) is 0.455. The van der Waals surface area contributed by atoms with E-state index in [2.05, 4.69) is 22.0 Å². The summed E-state index contributed by atoms with van der Waals surface area (Å²) in [6, 6.07) is 10.2. The number of unbranched alkanes of at least 4 members (excludes halogenated alkanes) is 1. The summed E-state index contributed by atoms with van der Waals surface area (Å²) in [7, 11) is 1.72. The van der Waals surface area contributed by atoms with Gasteiger partial charge in [-0.2, -0.15) is 0 Å². The van der Waals surface area contributed by atoms with Crippen LogP contribution in [0.5, 0.6) is 11.6 Å². The Morgan fingerprint density at radius 3 is 2.89 bits per heavy atom. The monoisotopic (exact) mass is 381 g/mol. The highest BCUT2D eigenvalue weighted by molar-refractivity contribution is 5.58. The molecule has 2 aliphatic heterocycles. The van der Waals surface area contributed by atoms with Crippen LogP contribution < -0.4 is 9.47 Å². The van der Waals surface area contributed by atoms with Gasteiger partial charge in [-0.3, -0.25) is 4.90 Å². The lowest BCUT2D eigenvalue weighted by Gasteiger charge is -2.28. The number of benzene rings is 1. The van der Waals surface area contributed by atoms with E-state index in [9.17, 15) is 5.21 Å². The minimum atomic E-state index is 0.479. The van der Waals surface area contributed by atoms with E-state index in [-0.39, 0.29) is 0 Å². The molecule has 6 nitrogen and oxygen atoms in total. The van der Waals surface area contributed by atoms with E-state index in [1.807, 2.05) is 18.2 Å². The number of hydrogen-bond donors (Lipinski definition) is 0. The molecule has 0 spiro atoms. The third-order valence-corrected chi connectivity index (χ3v) is 5.47. The van der Waals surface area contributed by atoms with E-state index in [0.717, 1.165) is 67.8 Å². The first-order valence-corrected chi connectivity index (χ1v) is 10.0. The molecule has 2 aromatic rings. The van der Waals surface area contributed by atoms with Crippen LogP contribution in [-0.4, -0.2) is 47.6 Å². The Balaban J connectivity index is 1.21. The molecule has 1 aromatic heterocycles. The molecule has 1 aromatic carbocycles. The standard InChI is InChI=1S/C22H27N3O3/c1-27-20-8-6-19-16-24(13-10-18(19)15-20)11-2-3-14-28-21-9-7-17-5-4-12-25(26)22(17)23-21/h6-9,12,15H,2-5,10-11,13-14,16H2,1H3. The molecule has 0 saturated heterocycles. The van der Waals surface area contributed by atoms with Crippen molar-refractivity contribution in [1.29, 1.82) is 0 Å². The quantitative estimate of drug-likeness (QED) is 0.418. The molecule has 6 heteroatoms. The summed E-state index contributed by atoms with van der Waals surface area (Å²) in [5.41, 5.74) is 3.80. The molecule has 28 heavy (non-hydrogen) atoms. The van der Waals surface area contributed by atoms with E-state index >= 15 is 0 Å². The van der Waals surface area contributed by atoms with Crippen molar-refractivity contribution >= 4 is 12.0 Å². The van der Waals surface area contributed by atoms with Crippen molar-refractivity contribution < 1.29 is 14.2 Å². The van der Waals surface area contributed by atoms with E-state index in [1.165, 1.54) is 11.1 Å². The summed E-state index contributed by atoms with van der Waals surface area (Å²) in [6.45, 7) is 3.78. The van der Waals surface area contributed by atoms with Crippen molar-refractivity contribution in [3.05, 3.63) is 52.2 Å². The fourth-order valence-electron chi connectivity index (χ4n) is 3.87. The van der Waals surface area contributed by atoms with Gasteiger partial charge in [0.2, 0.25) is 0 Å². The SMILES string of the molecule is COc1ccc2c(c1)CCN(CCCCOc1ccc3c(n1)[N+]([O-])=CCC3)C2. The van der Waals surface area contributed by atoms with Crippen LogP contribution in [0.2, 0.25) is 0 Å². The predicted octanol–water partition coefficient (Wildman–Crippen LogP) is 3.47. The van der Waals surface area contributed by atoms with Gasteiger partial charge in [0.1, 0.15) is 5.75 Å². The van der Waals surface area contributed by atoms with Crippen LogP contribution in [0.1, 0.15) is 36.0 Å². The van der Waals surface area contributed by atoms with Gasteiger partial charge < -0.3 is 14.7 Å². The van der Waals surface area contributed by atoms with Gasteiger partial charge in [-0.15, -0.1) is 0 Å². The van der Waals surface area contributed by atoms with Gasteiger partial charge in [-0.25, -0.2) is 4.74 Å². The highest BCUT2D eigenvalue weighted by Crippen LogP contribution is 2.25. The zero-order valence-corrected chi connectivity index (χ0v) is 16.4. The summed E-state index contributed by atoms with van der Waals surface area (Å²) in [4.78, 5) is 6.86. The molecule has 0 fully saturated rings. The molecule has 0 N–H and O–H groups in total. The summed E-state index contributed by atoms with van der Waals surface area (Å²) in [5.74, 6) is 1.96. The van der Waals surface area contributed by atoms with Crippen LogP contribution in [0.25, 0.3) is 0 Å². The van der Waals surface area contributed by atoms with Gasteiger partial charge in [0.05, 0.1) is 19.9 Å². The lowest BCUT2D eigenvalue weighted by molar-refractivity contribution is -0.364. The minimum Gasteiger partial charge on any atom is -0.711 e. The topological polar surface area (TPSA) is 60.7 Å². The Labute approximate surface area is 166 Å². The third kappa shape index (κ3) is 4.28. The summed E-state index contributed by atoms with van der Waals surface area (Å²) in [5, 5.41) is 11.8. The van der Waals surface area contributed by atoms with Gasteiger partial charge in [-0.1, -0.05) is 6.07 Å². The first kappa shape index (κ1) is 18.7. The number of aromatic nitrogens is 1. The zero-order chi connectivity index (χ0) is 19.3. The number of pyridine rings is 1. The number of ether oxygens (including phenoxy) is 2. The summed E-state index contributed by atoms with van der Waals surface area (Å²) < 4.78 is 11.9. The number of methoxy groups -OCH3 is 1. The highest BCUT2D eigenvalue weighted by atomic mass is 16.5. The third-order valence-electron chi connectivity index (χ3n) is 5.47. The van der Waals surface area contributed by atoms with Crippen molar-refractivity contribution in [2.75, 3.05) is 26.8 Å². The average Bonchev–Trinajstić information content (AvgIpc) is 2.73. The second-order valence-corrected chi connectivity index (χ2v) is 7.40. The Hall–Kier alpha value is -2.60. The number of aryl methyl sites for hydroxylation is 1. The van der Waals surface area contributed by atoms with Crippen molar-refractivity contribution in [1.82, 2.24) is 9.88 Å². The molecule has 4 rings (SSSR count). The van der Waals surface area contributed by atoms with Gasteiger partial charge in [0.15, 0.2) is 0 Å². The minimum absolute atomic E-state index is 0.479. The Kier molecular flexibility index (Phi) is 5.76. The van der Waals surface area contributed by atoms with Crippen LogP contribution in [-0.2, 0) is 19.4 Å². The van der Waals surface area contributed by atoms with Crippen LogP contribution in [0, 0.1) is 5.21 Å². The second-order valence-electron chi connectivity index (χ2n) is 7.40. The van der Waals surface area contributed by atoms with Crippen LogP contribution >= 0.6 is 0 Å². The lowest BCUT2D eigenvalue weighted by atomic mass is 9.99. The lowest BCUT2D eigenvalue weighted by Crippen LogP contribution is -2.31. The van der Waals surface area contributed by atoms with Crippen molar-refractivity contribution in [3.63, 3.8) is 0 Å². The normalized spacial score (nSPS) is 16.1. The van der Waals surface area contributed by atoms with Gasteiger partial charge in [0.25, 0.3) is 0 Å². The molecule has 0 bridgehead atoms. The molecule has 3 heterocycles. The average molecular weight is 381 g/mol. The molecule has 0 amide bonds. The maximum Gasteiger partial charge on any atom is 0.333 e. The maximum absolute atomic E-state index is 11.8. The number of fused-ring (bicyclic) bond motifs is 2. The molecule has 0 atom stereocenters. The molecule has 0 radical (unpaired) electrons. The summed E-state index contributed by atoms with van der Waals surface area (Å²) >= 11 is 0. The number of nitrogens with zero attached hydrogens (tertiary/aromatic N) is 3. The van der Waals surface area contributed by atoms with Crippen LogP contribution in [0.15, 0.2) is 30.3 Å². The Morgan fingerprint density at radius 1 is 1.11 bits per heavy atom. The molecule has 0 aliphatic carbocycles. The van der Waals surface area contributed by atoms with Crippen molar-refractivity contribution in [2.45, 2.75) is 38.6 Å². The fourth-order valence-corrected chi connectivity index (χ4v) is 3.87. The first-order valence-electron chi connectivity index (χ1n) is 10.0. The number of rotatable bonds is 7. The van der Waals surface area contributed by atoms with Crippen molar-refractivity contribution in [3.8, 4) is 11.6 Å². The smallest absolute Gasteiger partial charge is 0.333 e. The second kappa shape index (κ2) is 8.61. The molecule has 2 aliphatic rings. The maximum atomic E-state index is 11.8. The van der Waals surface area contributed by atoms with Gasteiger partial charge in [0, 0.05) is 31.1 Å². The van der Waals surface area contributed by atoms with E-state index in [1.54, 1.807) is 13.3 Å². The van der Waals surface area contributed by atoms with Gasteiger partial charge in [-0.05, 0) is 66.5 Å². The Morgan fingerprint density at radius 2 is 2.00 bits per heavy atom. The van der Waals surface area contributed by atoms with E-state index < -0.39 is 0 Å². The molecule has 0 saturated carbocycles. The molecule has 148 valence electrons. The van der Waals surface area contributed by atoms with Gasteiger partial charge >= 0.3 is 11.7 Å². The highest BCUT2D eigenvalue weighted by Gasteiger charge is 2.19. The zero-order valence-electron chi connectivity index (χ0n) is 16.4. The first-order chi connectivity index (χ1) is 13.7. The van der Waals surface area contributed by atoms with Crippen LogP contribution in [0.4, 0.5) is 5.82 Å².